The molecule has 0 atom stereocenters. The van der Waals surface area contributed by atoms with Gasteiger partial charge in [0.05, 0.1) is 0 Å². The van der Waals surface area contributed by atoms with Crippen LogP contribution in [0, 0.1) is 0 Å². The van der Waals surface area contributed by atoms with Crippen LogP contribution in [0.3, 0.4) is 0 Å². The normalized spacial score (nSPS) is 11.3. The van der Waals surface area contributed by atoms with E-state index in [9.17, 15) is 0 Å². The molecule has 0 saturated heterocycles. The van der Waals surface area contributed by atoms with Gasteiger partial charge in [-0.2, -0.15) is 0 Å². The summed E-state index contributed by atoms with van der Waals surface area (Å²) in [5, 5.41) is 0.385. The largest absolute Gasteiger partial charge is 0.457 e. The lowest BCUT2D eigenvalue weighted by molar-refractivity contribution is 0.482. The molecule has 0 saturated carbocycles. The summed E-state index contributed by atoms with van der Waals surface area (Å²) >= 11 is 23.5. The van der Waals surface area contributed by atoms with Crippen molar-refractivity contribution in [3.8, 4) is 11.5 Å². The van der Waals surface area contributed by atoms with Gasteiger partial charge in [-0.3, -0.25) is 0 Å². The molecule has 0 aliphatic rings. The summed E-state index contributed by atoms with van der Waals surface area (Å²) in [5.41, 5.74) is 0.391. The maximum absolute atomic E-state index is 5.97. The van der Waals surface area contributed by atoms with Crippen molar-refractivity contribution < 1.29 is 4.74 Å². The molecule has 2 aromatic carbocycles. The Hall–Kier alpha value is -0.600. The zero-order valence-corrected chi connectivity index (χ0v) is 12.1. The highest BCUT2D eigenvalue weighted by atomic mass is 35.6. The summed E-state index contributed by atoms with van der Waals surface area (Å²) in [6, 6.07) is 14.3. The van der Waals surface area contributed by atoms with E-state index in [-0.39, 0.29) is 0 Å². The standard InChI is InChI=1S/C13H8Cl4O/c14-12-7-6-10(8-11(12)13(15,16)17)18-9-4-2-1-3-5-9/h1-8H. The average molecular weight is 322 g/mol. The molecule has 0 radical (unpaired) electrons. The Labute approximate surface area is 125 Å². The van der Waals surface area contributed by atoms with Crippen LogP contribution >= 0.6 is 46.4 Å². The summed E-state index contributed by atoms with van der Waals surface area (Å²) in [6.07, 6.45) is 0. The molecule has 18 heavy (non-hydrogen) atoms. The molecule has 5 heteroatoms. The molecule has 0 aliphatic carbocycles. The minimum Gasteiger partial charge on any atom is -0.457 e. The van der Waals surface area contributed by atoms with Gasteiger partial charge in [0.25, 0.3) is 0 Å². The van der Waals surface area contributed by atoms with E-state index in [1.54, 1.807) is 18.2 Å². The fraction of sp³-hybridized carbons (Fsp3) is 0.0769. The summed E-state index contributed by atoms with van der Waals surface area (Å²) in [7, 11) is 0. The van der Waals surface area contributed by atoms with E-state index in [4.69, 9.17) is 51.1 Å². The van der Waals surface area contributed by atoms with Crippen molar-refractivity contribution in [3.63, 3.8) is 0 Å². The van der Waals surface area contributed by atoms with Gasteiger partial charge in [-0.1, -0.05) is 64.6 Å². The molecule has 0 unspecified atom stereocenters. The maximum Gasteiger partial charge on any atom is 0.217 e. The Morgan fingerprint density at radius 2 is 1.50 bits per heavy atom. The predicted octanol–water partition coefficient (Wildman–Crippen LogP) is 5.96. The number of rotatable bonds is 2. The first-order valence-corrected chi connectivity index (χ1v) is 6.57. The van der Waals surface area contributed by atoms with Crippen LogP contribution in [0.4, 0.5) is 0 Å². The Morgan fingerprint density at radius 3 is 2.11 bits per heavy atom. The van der Waals surface area contributed by atoms with Crippen molar-refractivity contribution in [2.45, 2.75) is 3.79 Å². The predicted molar refractivity (Wildman–Crippen MR) is 77.2 cm³/mol. The van der Waals surface area contributed by atoms with Crippen LogP contribution in [0.2, 0.25) is 5.02 Å². The van der Waals surface area contributed by atoms with E-state index in [1.807, 2.05) is 30.3 Å². The smallest absolute Gasteiger partial charge is 0.217 e. The molecule has 0 aliphatic heterocycles. The molecule has 0 fully saturated rings. The molecule has 0 spiro atoms. The highest BCUT2D eigenvalue weighted by Crippen LogP contribution is 2.43. The molecular weight excluding hydrogens is 314 g/mol. The Balaban J connectivity index is 2.31. The van der Waals surface area contributed by atoms with Crippen LogP contribution < -0.4 is 4.74 Å². The summed E-state index contributed by atoms with van der Waals surface area (Å²) in [5.74, 6) is 1.27. The van der Waals surface area contributed by atoms with E-state index in [0.717, 1.165) is 0 Å². The molecular formula is C13H8Cl4O. The molecule has 2 rings (SSSR count). The van der Waals surface area contributed by atoms with E-state index in [0.29, 0.717) is 22.1 Å². The monoisotopic (exact) mass is 320 g/mol. The van der Waals surface area contributed by atoms with Gasteiger partial charge in [0.2, 0.25) is 3.79 Å². The second-order valence-corrected chi connectivity index (χ2v) is 6.24. The van der Waals surface area contributed by atoms with Crippen molar-refractivity contribution in [1.82, 2.24) is 0 Å². The molecule has 94 valence electrons. The lowest BCUT2D eigenvalue weighted by Gasteiger charge is -2.15. The molecule has 0 aromatic heterocycles. The SMILES string of the molecule is Clc1ccc(Oc2ccccc2)cc1C(Cl)(Cl)Cl. The van der Waals surface area contributed by atoms with Gasteiger partial charge in [0.1, 0.15) is 11.5 Å². The van der Waals surface area contributed by atoms with Crippen LogP contribution in [0.1, 0.15) is 5.56 Å². The fourth-order valence-electron chi connectivity index (χ4n) is 1.41. The highest BCUT2D eigenvalue weighted by Gasteiger charge is 2.26. The molecule has 0 bridgehead atoms. The summed E-state index contributed by atoms with van der Waals surface area (Å²) in [4.78, 5) is 0. The van der Waals surface area contributed by atoms with E-state index in [2.05, 4.69) is 0 Å². The van der Waals surface area contributed by atoms with Crippen LogP contribution in [0.15, 0.2) is 48.5 Å². The van der Waals surface area contributed by atoms with Crippen LogP contribution in [0.5, 0.6) is 11.5 Å². The van der Waals surface area contributed by atoms with Crippen molar-refractivity contribution in [2.24, 2.45) is 0 Å². The third-order valence-electron chi connectivity index (χ3n) is 2.22. The first-order valence-electron chi connectivity index (χ1n) is 5.06. The lowest BCUT2D eigenvalue weighted by atomic mass is 10.2. The quantitative estimate of drug-likeness (QED) is 0.620. The molecule has 1 nitrogen and oxygen atoms in total. The highest BCUT2D eigenvalue weighted by molar-refractivity contribution is 6.67. The van der Waals surface area contributed by atoms with Crippen LogP contribution in [-0.4, -0.2) is 0 Å². The fourth-order valence-corrected chi connectivity index (χ4v) is 2.28. The third-order valence-corrected chi connectivity index (χ3v) is 3.16. The number of halogens is 4. The molecule has 0 heterocycles. The minimum absolute atomic E-state index is 0.385. The number of benzene rings is 2. The lowest BCUT2D eigenvalue weighted by Crippen LogP contribution is -2.01. The van der Waals surface area contributed by atoms with Gasteiger partial charge in [0, 0.05) is 10.6 Å². The average Bonchev–Trinajstić information content (AvgIpc) is 2.31. The van der Waals surface area contributed by atoms with Crippen molar-refractivity contribution in [3.05, 3.63) is 59.1 Å². The number of hydrogen-bond acceptors (Lipinski definition) is 1. The number of ether oxygens (including phenoxy) is 1. The molecule has 0 N–H and O–H groups in total. The third kappa shape index (κ3) is 3.46. The number of hydrogen-bond donors (Lipinski definition) is 0. The maximum atomic E-state index is 5.97. The first kappa shape index (κ1) is 13.8. The van der Waals surface area contributed by atoms with Crippen LogP contribution in [0.25, 0.3) is 0 Å². The van der Waals surface area contributed by atoms with Crippen molar-refractivity contribution >= 4 is 46.4 Å². The topological polar surface area (TPSA) is 9.23 Å². The minimum atomic E-state index is -1.58. The Bertz CT molecular complexity index is 534. The van der Waals surface area contributed by atoms with Gasteiger partial charge in [-0.05, 0) is 30.3 Å². The van der Waals surface area contributed by atoms with Gasteiger partial charge in [-0.25, -0.2) is 0 Å². The Kier molecular flexibility index (Phi) is 4.29. The van der Waals surface area contributed by atoms with Gasteiger partial charge in [-0.15, -0.1) is 0 Å². The van der Waals surface area contributed by atoms with E-state index >= 15 is 0 Å². The zero-order valence-electron chi connectivity index (χ0n) is 9.04. The van der Waals surface area contributed by atoms with E-state index < -0.39 is 3.79 Å². The van der Waals surface area contributed by atoms with Crippen molar-refractivity contribution in [1.29, 1.82) is 0 Å². The number of alkyl halides is 3. The van der Waals surface area contributed by atoms with Crippen LogP contribution in [-0.2, 0) is 3.79 Å². The molecule has 2 aromatic rings. The van der Waals surface area contributed by atoms with Gasteiger partial charge in [0.15, 0.2) is 0 Å². The van der Waals surface area contributed by atoms with Gasteiger partial charge >= 0.3 is 0 Å². The van der Waals surface area contributed by atoms with Crippen molar-refractivity contribution in [2.75, 3.05) is 0 Å². The zero-order chi connectivity index (χ0) is 13.2. The van der Waals surface area contributed by atoms with E-state index in [1.165, 1.54) is 0 Å². The summed E-state index contributed by atoms with van der Waals surface area (Å²) < 4.78 is 4.06. The second kappa shape index (κ2) is 5.58. The molecule has 0 amide bonds. The Morgan fingerprint density at radius 1 is 0.833 bits per heavy atom. The first-order chi connectivity index (χ1) is 8.47. The summed E-state index contributed by atoms with van der Waals surface area (Å²) in [6.45, 7) is 0. The number of para-hydroxylation sites is 1. The second-order valence-electron chi connectivity index (χ2n) is 3.55. The van der Waals surface area contributed by atoms with Gasteiger partial charge < -0.3 is 4.74 Å².